The van der Waals surface area contributed by atoms with Crippen molar-refractivity contribution in [2.75, 3.05) is 13.2 Å². The summed E-state index contributed by atoms with van der Waals surface area (Å²) in [7, 11) is 0. The van der Waals surface area contributed by atoms with Gasteiger partial charge in [-0.3, -0.25) is 9.59 Å². The van der Waals surface area contributed by atoms with Crippen LogP contribution in [0.25, 0.3) is 10.8 Å². The van der Waals surface area contributed by atoms with E-state index in [0.717, 1.165) is 0 Å². The third-order valence-corrected chi connectivity index (χ3v) is 4.68. The minimum absolute atomic E-state index is 0.0203. The van der Waals surface area contributed by atoms with Crippen molar-refractivity contribution >= 4 is 22.6 Å². The molecule has 1 heterocycles. The number of rotatable bonds is 7. The average molecular weight is 411 g/mol. The van der Waals surface area contributed by atoms with Gasteiger partial charge in [-0.2, -0.15) is 5.10 Å². The highest BCUT2D eigenvalue weighted by Gasteiger charge is 2.20. The normalized spacial score (nSPS) is 10.8. The van der Waals surface area contributed by atoms with Crippen molar-refractivity contribution in [2.45, 2.75) is 26.9 Å². The summed E-state index contributed by atoms with van der Waals surface area (Å²) in [6, 6.07) is 12.6. The van der Waals surface area contributed by atoms with Gasteiger partial charge in [-0.25, -0.2) is 13.9 Å². The van der Waals surface area contributed by atoms with Crippen LogP contribution in [0, 0.1) is 5.82 Å². The summed E-state index contributed by atoms with van der Waals surface area (Å²) < 4.78 is 19.8. The van der Waals surface area contributed by atoms with E-state index in [-0.39, 0.29) is 23.6 Å². The van der Waals surface area contributed by atoms with Crippen LogP contribution in [0.1, 0.15) is 29.9 Å². The fraction of sp³-hybridized carbons (Fsp3) is 0.273. The number of fused-ring (bicyclic) bond motifs is 1. The zero-order valence-electron chi connectivity index (χ0n) is 16.8. The summed E-state index contributed by atoms with van der Waals surface area (Å²) in [6.07, 6.45) is 0. The van der Waals surface area contributed by atoms with Gasteiger partial charge in [-0.05, 0) is 37.6 Å². The molecular weight excluding hydrogens is 389 g/mol. The zero-order chi connectivity index (χ0) is 21.7. The fourth-order valence-corrected chi connectivity index (χ4v) is 3.12. The quantitative estimate of drug-likeness (QED) is 0.559. The second-order valence-electron chi connectivity index (χ2n) is 6.63. The number of hydrogen-bond acceptors (Lipinski definition) is 5. The standard InChI is InChI=1S/C22H22FN3O4/c1-3-25(13-15-8-7-9-16(23)12-15)19(27)14-30-22(29)20-17-10-5-6-11-18(17)21(28)26(4-2)24-20/h5-12H,3-4,13-14H2,1-2H3. The Balaban J connectivity index is 1.75. The fourth-order valence-electron chi connectivity index (χ4n) is 3.12. The van der Waals surface area contributed by atoms with E-state index in [9.17, 15) is 18.8 Å². The SMILES string of the molecule is CCN(Cc1cccc(F)c1)C(=O)COC(=O)c1nn(CC)c(=O)c2ccccc12. The van der Waals surface area contributed by atoms with E-state index in [1.54, 1.807) is 50.2 Å². The van der Waals surface area contributed by atoms with Gasteiger partial charge in [0, 0.05) is 25.0 Å². The molecule has 156 valence electrons. The summed E-state index contributed by atoms with van der Waals surface area (Å²) in [5, 5.41) is 4.83. The van der Waals surface area contributed by atoms with Gasteiger partial charge >= 0.3 is 5.97 Å². The predicted molar refractivity (Wildman–Crippen MR) is 109 cm³/mol. The van der Waals surface area contributed by atoms with Gasteiger partial charge in [-0.15, -0.1) is 0 Å². The lowest BCUT2D eigenvalue weighted by atomic mass is 10.1. The second kappa shape index (κ2) is 9.30. The van der Waals surface area contributed by atoms with E-state index in [1.807, 2.05) is 0 Å². The highest BCUT2D eigenvalue weighted by atomic mass is 19.1. The topological polar surface area (TPSA) is 81.5 Å². The number of carbonyl (C=O) groups excluding carboxylic acids is 2. The van der Waals surface area contributed by atoms with Crippen LogP contribution in [0.4, 0.5) is 4.39 Å². The summed E-state index contributed by atoms with van der Waals surface area (Å²) in [5.41, 5.74) is 0.320. The smallest absolute Gasteiger partial charge is 0.359 e. The Morgan fingerprint density at radius 2 is 1.83 bits per heavy atom. The molecular formula is C22H22FN3O4. The molecule has 0 aliphatic heterocycles. The van der Waals surface area contributed by atoms with E-state index < -0.39 is 18.5 Å². The molecule has 3 rings (SSSR count). The molecule has 0 saturated heterocycles. The van der Waals surface area contributed by atoms with Crippen molar-refractivity contribution in [3.05, 3.63) is 76.0 Å². The molecule has 0 fully saturated rings. The molecule has 0 bridgehead atoms. The number of halogens is 1. The number of benzene rings is 2. The van der Waals surface area contributed by atoms with Gasteiger partial charge < -0.3 is 9.64 Å². The van der Waals surface area contributed by atoms with Gasteiger partial charge in [0.15, 0.2) is 12.3 Å². The Labute approximate surface area is 172 Å². The van der Waals surface area contributed by atoms with E-state index in [1.165, 1.54) is 21.7 Å². The first-order valence-corrected chi connectivity index (χ1v) is 9.63. The first-order valence-electron chi connectivity index (χ1n) is 9.63. The van der Waals surface area contributed by atoms with Crippen molar-refractivity contribution < 1.29 is 18.7 Å². The van der Waals surface area contributed by atoms with Crippen molar-refractivity contribution in [1.82, 2.24) is 14.7 Å². The molecule has 1 aromatic heterocycles. The summed E-state index contributed by atoms with van der Waals surface area (Å²) in [5.74, 6) is -1.58. The molecule has 0 saturated carbocycles. The molecule has 0 N–H and O–H groups in total. The van der Waals surface area contributed by atoms with Crippen molar-refractivity contribution in [3.63, 3.8) is 0 Å². The molecule has 0 aliphatic rings. The number of ether oxygens (including phenoxy) is 1. The largest absolute Gasteiger partial charge is 0.451 e. The first-order chi connectivity index (χ1) is 14.4. The minimum atomic E-state index is -0.788. The maximum absolute atomic E-state index is 13.4. The van der Waals surface area contributed by atoms with Gasteiger partial charge in [0.2, 0.25) is 0 Å². The maximum atomic E-state index is 13.4. The van der Waals surface area contributed by atoms with Crippen molar-refractivity contribution in [1.29, 1.82) is 0 Å². The zero-order valence-corrected chi connectivity index (χ0v) is 16.8. The lowest BCUT2D eigenvalue weighted by Crippen LogP contribution is -2.34. The Kier molecular flexibility index (Phi) is 6.56. The number of carbonyl (C=O) groups is 2. The summed E-state index contributed by atoms with van der Waals surface area (Å²) in [6.45, 7) is 3.91. The number of amides is 1. The Morgan fingerprint density at radius 3 is 2.50 bits per heavy atom. The molecule has 0 atom stereocenters. The van der Waals surface area contributed by atoms with Crippen LogP contribution >= 0.6 is 0 Å². The lowest BCUT2D eigenvalue weighted by Gasteiger charge is -2.21. The van der Waals surface area contributed by atoms with Gasteiger partial charge in [0.25, 0.3) is 11.5 Å². The van der Waals surface area contributed by atoms with Gasteiger partial charge in [-0.1, -0.05) is 30.3 Å². The van der Waals surface area contributed by atoms with Gasteiger partial charge in [0.05, 0.1) is 5.39 Å². The highest BCUT2D eigenvalue weighted by molar-refractivity contribution is 6.02. The number of esters is 1. The summed E-state index contributed by atoms with van der Waals surface area (Å²) >= 11 is 0. The molecule has 0 spiro atoms. The second-order valence-corrected chi connectivity index (χ2v) is 6.63. The van der Waals surface area contributed by atoms with Crippen molar-refractivity contribution in [2.24, 2.45) is 0 Å². The molecule has 0 radical (unpaired) electrons. The maximum Gasteiger partial charge on any atom is 0.359 e. The molecule has 8 heteroatoms. The number of aryl methyl sites for hydroxylation is 1. The Morgan fingerprint density at radius 1 is 1.10 bits per heavy atom. The average Bonchev–Trinajstić information content (AvgIpc) is 2.76. The Hall–Kier alpha value is -3.55. The third kappa shape index (κ3) is 4.53. The van der Waals surface area contributed by atoms with E-state index >= 15 is 0 Å². The van der Waals surface area contributed by atoms with Crippen LogP contribution in [0.2, 0.25) is 0 Å². The first kappa shape index (κ1) is 21.2. The Bertz CT molecular complexity index is 1140. The predicted octanol–water partition coefficient (Wildman–Crippen LogP) is 2.76. The molecule has 3 aromatic rings. The molecule has 30 heavy (non-hydrogen) atoms. The number of likely N-dealkylation sites (N-methyl/N-ethyl adjacent to an activating group) is 1. The minimum Gasteiger partial charge on any atom is -0.451 e. The van der Waals surface area contributed by atoms with Crippen LogP contribution in [0.5, 0.6) is 0 Å². The van der Waals surface area contributed by atoms with E-state index in [4.69, 9.17) is 4.74 Å². The number of nitrogens with zero attached hydrogens (tertiary/aromatic N) is 3. The molecule has 0 unspecified atom stereocenters. The number of hydrogen-bond donors (Lipinski definition) is 0. The highest BCUT2D eigenvalue weighted by Crippen LogP contribution is 2.14. The monoisotopic (exact) mass is 411 g/mol. The molecule has 1 amide bonds. The van der Waals surface area contributed by atoms with Crippen molar-refractivity contribution in [3.8, 4) is 0 Å². The molecule has 0 aliphatic carbocycles. The van der Waals surface area contributed by atoms with Crippen LogP contribution in [0.3, 0.4) is 0 Å². The summed E-state index contributed by atoms with van der Waals surface area (Å²) in [4.78, 5) is 39.0. The van der Waals surface area contributed by atoms with Crippen LogP contribution < -0.4 is 5.56 Å². The van der Waals surface area contributed by atoms with Crippen LogP contribution in [-0.4, -0.2) is 39.7 Å². The number of aromatic nitrogens is 2. The van der Waals surface area contributed by atoms with E-state index in [2.05, 4.69) is 5.10 Å². The van der Waals surface area contributed by atoms with Gasteiger partial charge in [0.1, 0.15) is 5.82 Å². The van der Waals surface area contributed by atoms with E-state index in [0.29, 0.717) is 29.4 Å². The molecule has 7 nitrogen and oxygen atoms in total. The van der Waals surface area contributed by atoms with Crippen LogP contribution in [0.15, 0.2) is 53.3 Å². The lowest BCUT2D eigenvalue weighted by molar-refractivity contribution is -0.135. The molecule has 2 aromatic carbocycles. The third-order valence-electron chi connectivity index (χ3n) is 4.68. The van der Waals surface area contributed by atoms with Crippen LogP contribution in [-0.2, 0) is 22.6 Å².